The number of phenolic OH excluding ortho intramolecular Hbond substituents is 1. The van der Waals surface area contributed by atoms with Gasteiger partial charge < -0.3 is 30.1 Å². The predicted octanol–water partition coefficient (Wildman–Crippen LogP) is 3.81. The number of fused-ring (bicyclic) bond motifs is 1. The van der Waals surface area contributed by atoms with E-state index in [2.05, 4.69) is 10.6 Å². The largest absolute Gasteiger partial charge is 0.506 e. The van der Waals surface area contributed by atoms with E-state index in [1.165, 1.54) is 12.5 Å². The van der Waals surface area contributed by atoms with E-state index in [1.54, 1.807) is 24.3 Å². The van der Waals surface area contributed by atoms with Crippen molar-refractivity contribution in [3.05, 3.63) is 53.3 Å². The fraction of sp³-hybridized carbons (Fsp3) is 0.517. The lowest BCUT2D eigenvalue weighted by Crippen LogP contribution is -2.45. The molecule has 2 amide bonds. The third-order valence-corrected chi connectivity index (χ3v) is 7.20. The van der Waals surface area contributed by atoms with Gasteiger partial charge in [0.05, 0.1) is 19.6 Å². The second-order valence-electron chi connectivity index (χ2n) is 9.87. The van der Waals surface area contributed by atoms with Crippen LogP contribution in [0, 0.1) is 5.82 Å². The van der Waals surface area contributed by atoms with Gasteiger partial charge in [-0.1, -0.05) is 43.5 Å². The van der Waals surface area contributed by atoms with Crippen molar-refractivity contribution in [1.82, 2.24) is 10.2 Å². The first-order chi connectivity index (χ1) is 18.5. The SMILES string of the molecule is O=C1COc2c(CCNCCN(C(=O)CCOCCc3ccccc3F)C3CCCCC3)ccc(O)c2N1. The van der Waals surface area contributed by atoms with Gasteiger partial charge in [-0.3, -0.25) is 9.59 Å². The van der Waals surface area contributed by atoms with Gasteiger partial charge in [0.15, 0.2) is 12.4 Å². The van der Waals surface area contributed by atoms with Gasteiger partial charge >= 0.3 is 0 Å². The molecule has 0 unspecified atom stereocenters. The predicted molar refractivity (Wildman–Crippen MR) is 143 cm³/mol. The number of aromatic hydroxyl groups is 1. The zero-order valence-electron chi connectivity index (χ0n) is 21.8. The standard InChI is InChI=1S/C29H38FN3O5/c30-24-9-5-4-6-21(24)13-18-37-19-14-27(36)33(23-7-2-1-3-8-23)17-16-31-15-12-22-10-11-25(34)28-29(22)38-20-26(35)32-28/h4-6,9-11,23,31,34H,1-3,7-8,12-20H2,(H,32,35). The summed E-state index contributed by atoms with van der Waals surface area (Å²) in [5, 5.41) is 16.1. The molecule has 9 heteroatoms. The Bertz CT molecular complexity index is 1090. The Morgan fingerprint density at radius 3 is 2.71 bits per heavy atom. The van der Waals surface area contributed by atoms with Crippen LogP contribution in [0.4, 0.5) is 10.1 Å². The van der Waals surface area contributed by atoms with Crippen molar-refractivity contribution in [3.63, 3.8) is 0 Å². The molecule has 38 heavy (non-hydrogen) atoms. The minimum absolute atomic E-state index is 0.0115. The third-order valence-electron chi connectivity index (χ3n) is 7.20. The average Bonchev–Trinajstić information content (AvgIpc) is 2.93. The lowest BCUT2D eigenvalue weighted by atomic mass is 9.94. The van der Waals surface area contributed by atoms with E-state index in [0.29, 0.717) is 69.1 Å². The average molecular weight is 528 g/mol. The van der Waals surface area contributed by atoms with Crippen LogP contribution >= 0.6 is 0 Å². The number of nitrogens with zero attached hydrogens (tertiary/aromatic N) is 1. The van der Waals surface area contributed by atoms with E-state index in [1.807, 2.05) is 11.0 Å². The number of nitrogens with one attached hydrogen (secondary N) is 2. The van der Waals surface area contributed by atoms with Crippen LogP contribution in [0.1, 0.15) is 49.7 Å². The minimum atomic E-state index is -0.286. The highest BCUT2D eigenvalue weighted by Gasteiger charge is 2.25. The van der Waals surface area contributed by atoms with Gasteiger partial charge in [0.2, 0.25) is 5.91 Å². The van der Waals surface area contributed by atoms with E-state index < -0.39 is 0 Å². The second-order valence-corrected chi connectivity index (χ2v) is 9.87. The highest BCUT2D eigenvalue weighted by molar-refractivity contribution is 5.97. The molecule has 4 rings (SSSR count). The van der Waals surface area contributed by atoms with Crippen molar-refractivity contribution in [3.8, 4) is 11.5 Å². The molecule has 206 valence electrons. The highest BCUT2D eigenvalue weighted by atomic mass is 19.1. The number of ether oxygens (including phenoxy) is 2. The van der Waals surface area contributed by atoms with Gasteiger partial charge in [0, 0.05) is 19.1 Å². The van der Waals surface area contributed by atoms with Crippen molar-refractivity contribution >= 4 is 17.5 Å². The molecule has 1 fully saturated rings. The Kier molecular flexibility index (Phi) is 10.3. The van der Waals surface area contributed by atoms with E-state index in [-0.39, 0.29) is 36.0 Å². The molecule has 0 saturated heterocycles. The van der Waals surface area contributed by atoms with Crippen molar-refractivity contribution in [2.75, 3.05) is 44.8 Å². The Balaban J connectivity index is 1.21. The first-order valence-corrected chi connectivity index (χ1v) is 13.6. The van der Waals surface area contributed by atoms with E-state index in [4.69, 9.17) is 9.47 Å². The van der Waals surface area contributed by atoms with Gasteiger partial charge in [-0.05, 0) is 55.5 Å². The number of hydrogen-bond donors (Lipinski definition) is 3. The maximum atomic E-state index is 13.8. The van der Waals surface area contributed by atoms with Gasteiger partial charge in [0.1, 0.15) is 17.3 Å². The maximum Gasteiger partial charge on any atom is 0.262 e. The lowest BCUT2D eigenvalue weighted by molar-refractivity contribution is -0.135. The van der Waals surface area contributed by atoms with Crippen LogP contribution in [-0.2, 0) is 27.2 Å². The molecule has 8 nitrogen and oxygen atoms in total. The van der Waals surface area contributed by atoms with Crippen LogP contribution in [-0.4, -0.2) is 67.3 Å². The number of rotatable bonds is 13. The zero-order chi connectivity index (χ0) is 26.7. The van der Waals surface area contributed by atoms with E-state index in [9.17, 15) is 19.1 Å². The molecule has 0 atom stereocenters. The van der Waals surface area contributed by atoms with Crippen LogP contribution in [0.15, 0.2) is 36.4 Å². The highest BCUT2D eigenvalue weighted by Crippen LogP contribution is 2.39. The van der Waals surface area contributed by atoms with Gasteiger partial charge in [-0.25, -0.2) is 4.39 Å². The van der Waals surface area contributed by atoms with Gasteiger partial charge in [-0.2, -0.15) is 0 Å². The molecule has 1 saturated carbocycles. The Hall–Kier alpha value is -3.17. The van der Waals surface area contributed by atoms with Crippen LogP contribution in [0.2, 0.25) is 0 Å². The van der Waals surface area contributed by atoms with Gasteiger partial charge in [-0.15, -0.1) is 0 Å². The van der Waals surface area contributed by atoms with Crippen molar-refractivity contribution in [2.24, 2.45) is 0 Å². The lowest BCUT2D eigenvalue weighted by Gasteiger charge is -2.34. The number of phenols is 1. The Labute approximate surface area is 223 Å². The van der Waals surface area contributed by atoms with Crippen LogP contribution < -0.4 is 15.4 Å². The summed E-state index contributed by atoms with van der Waals surface area (Å²) in [7, 11) is 0. The molecule has 3 N–H and O–H groups in total. The summed E-state index contributed by atoms with van der Waals surface area (Å²) in [6.45, 7) is 2.59. The van der Waals surface area contributed by atoms with Gasteiger partial charge in [0.25, 0.3) is 5.91 Å². The molecule has 2 aliphatic rings. The summed E-state index contributed by atoms with van der Waals surface area (Å²) in [5.41, 5.74) is 1.85. The Morgan fingerprint density at radius 2 is 1.89 bits per heavy atom. The van der Waals surface area contributed by atoms with Crippen molar-refractivity contribution in [1.29, 1.82) is 0 Å². The summed E-state index contributed by atoms with van der Waals surface area (Å²) >= 11 is 0. The summed E-state index contributed by atoms with van der Waals surface area (Å²) in [4.78, 5) is 26.7. The number of benzene rings is 2. The van der Waals surface area contributed by atoms with Crippen LogP contribution in [0.5, 0.6) is 11.5 Å². The van der Waals surface area contributed by atoms with E-state index >= 15 is 0 Å². The molecular weight excluding hydrogens is 489 g/mol. The number of carbonyl (C=O) groups excluding carboxylic acids is 2. The number of carbonyl (C=O) groups is 2. The summed E-state index contributed by atoms with van der Waals surface area (Å²) in [5.74, 6) is 0.0862. The molecule has 2 aromatic carbocycles. The monoisotopic (exact) mass is 527 g/mol. The molecule has 1 heterocycles. The molecule has 0 aromatic heterocycles. The smallest absolute Gasteiger partial charge is 0.262 e. The van der Waals surface area contributed by atoms with Crippen LogP contribution in [0.25, 0.3) is 0 Å². The third kappa shape index (κ3) is 7.68. The van der Waals surface area contributed by atoms with Crippen LogP contribution in [0.3, 0.4) is 0 Å². The van der Waals surface area contributed by atoms with Crippen molar-refractivity contribution < 1.29 is 28.6 Å². The number of hydrogen-bond acceptors (Lipinski definition) is 6. The number of anilines is 1. The van der Waals surface area contributed by atoms with E-state index in [0.717, 1.165) is 31.2 Å². The number of amides is 2. The zero-order valence-corrected chi connectivity index (χ0v) is 21.8. The van der Waals surface area contributed by atoms with Crippen molar-refractivity contribution in [2.45, 2.75) is 57.4 Å². The first-order valence-electron chi connectivity index (χ1n) is 13.6. The first kappa shape index (κ1) is 27.9. The fourth-order valence-corrected chi connectivity index (χ4v) is 5.15. The molecule has 0 radical (unpaired) electrons. The molecule has 0 bridgehead atoms. The quantitative estimate of drug-likeness (QED) is 0.271. The molecule has 1 aliphatic carbocycles. The number of halogens is 1. The maximum absolute atomic E-state index is 13.8. The Morgan fingerprint density at radius 1 is 1.08 bits per heavy atom. The molecular formula is C29H38FN3O5. The normalized spacial score (nSPS) is 15.4. The summed E-state index contributed by atoms with van der Waals surface area (Å²) in [6.07, 6.45) is 7.02. The minimum Gasteiger partial charge on any atom is -0.506 e. The molecule has 0 spiro atoms. The molecule has 2 aromatic rings. The molecule has 1 aliphatic heterocycles. The second kappa shape index (κ2) is 14.1. The summed E-state index contributed by atoms with van der Waals surface area (Å²) < 4.78 is 25.0. The summed E-state index contributed by atoms with van der Waals surface area (Å²) in [6, 6.07) is 10.3. The fourth-order valence-electron chi connectivity index (χ4n) is 5.15. The topological polar surface area (TPSA) is 100 Å².